The van der Waals surface area contributed by atoms with Crippen molar-refractivity contribution < 1.29 is 22.3 Å². The number of nitrogens with two attached hydrogens (primary N) is 1. The van der Waals surface area contributed by atoms with Crippen LogP contribution in [0.25, 0.3) is 0 Å². The Morgan fingerprint density at radius 3 is 2.71 bits per heavy atom. The standard InChI is InChI=1S/C12H18FN3O4S/c1-20-7-6-15-12(17)4-5-16-21(18,19)11-3-2-9(13)8-10(11)14/h2-3,8,16H,4-7,14H2,1H3,(H,15,17). The lowest BCUT2D eigenvalue weighted by Gasteiger charge is -2.09. The monoisotopic (exact) mass is 319 g/mol. The first kappa shape index (κ1) is 17.3. The van der Waals surface area contributed by atoms with Gasteiger partial charge in [-0.2, -0.15) is 0 Å². The van der Waals surface area contributed by atoms with Gasteiger partial charge in [0.15, 0.2) is 0 Å². The zero-order valence-corrected chi connectivity index (χ0v) is 12.4. The smallest absolute Gasteiger partial charge is 0.242 e. The summed E-state index contributed by atoms with van der Waals surface area (Å²) in [6, 6.07) is 3.00. The number of carbonyl (C=O) groups is 1. The molecule has 0 aliphatic carbocycles. The fourth-order valence-electron chi connectivity index (χ4n) is 1.52. The van der Waals surface area contributed by atoms with Crippen LogP contribution in [0.2, 0.25) is 0 Å². The molecule has 118 valence electrons. The van der Waals surface area contributed by atoms with Gasteiger partial charge in [-0.05, 0) is 18.2 Å². The predicted octanol–water partition coefficient (Wildman–Crippen LogP) is -0.161. The van der Waals surface area contributed by atoms with E-state index in [1.165, 1.54) is 7.11 Å². The Labute approximate surface area is 122 Å². The van der Waals surface area contributed by atoms with Gasteiger partial charge in [0.05, 0.1) is 12.3 Å². The summed E-state index contributed by atoms with van der Waals surface area (Å²) in [5.41, 5.74) is 5.28. The highest BCUT2D eigenvalue weighted by molar-refractivity contribution is 7.89. The van der Waals surface area contributed by atoms with Crippen molar-refractivity contribution in [2.24, 2.45) is 0 Å². The number of benzene rings is 1. The molecule has 9 heteroatoms. The van der Waals surface area contributed by atoms with E-state index in [9.17, 15) is 17.6 Å². The third-order valence-corrected chi connectivity index (χ3v) is 4.07. The van der Waals surface area contributed by atoms with Crippen LogP contribution in [0.4, 0.5) is 10.1 Å². The number of carbonyl (C=O) groups excluding carboxylic acids is 1. The van der Waals surface area contributed by atoms with Crippen LogP contribution in [0, 0.1) is 5.82 Å². The van der Waals surface area contributed by atoms with Crippen molar-refractivity contribution in [3.8, 4) is 0 Å². The van der Waals surface area contributed by atoms with Gasteiger partial charge >= 0.3 is 0 Å². The average Bonchev–Trinajstić information content (AvgIpc) is 2.38. The van der Waals surface area contributed by atoms with Crippen molar-refractivity contribution in [1.82, 2.24) is 10.0 Å². The fraction of sp³-hybridized carbons (Fsp3) is 0.417. The SMILES string of the molecule is COCCNC(=O)CCNS(=O)(=O)c1ccc(F)cc1N. The minimum Gasteiger partial charge on any atom is -0.398 e. The Hall–Kier alpha value is -1.71. The van der Waals surface area contributed by atoms with Crippen molar-refractivity contribution in [1.29, 1.82) is 0 Å². The molecule has 0 bridgehead atoms. The van der Waals surface area contributed by atoms with Crippen molar-refractivity contribution in [2.75, 3.05) is 32.5 Å². The van der Waals surface area contributed by atoms with E-state index in [4.69, 9.17) is 10.5 Å². The topological polar surface area (TPSA) is 111 Å². The molecule has 1 rings (SSSR count). The molecule has 0 fully saturated rings. The van der Waals surface area contributed by atoms with Gasteiger partial charge < -0.3 is 15.8 Å². The van der Waals surface area contributed by atoms with Gasteiger partial charge in [0.25, 0.3) is 0 Å². The summed E-state index contributed by atoms with van der Waals surface area (Å²) < 4.78 is 43.8. The van der Waals surface area contributed by atoms with Gasteiger partial charge in [-0.1, -0.05) is 0 Å². The molecule has 0 saturated heterocycles. The van der Waals surface area contributed by atoms with Crippen molar-refractivity contribution in [3.63, 3.8) is 0 Å². The Kier molecular flexibility index (Phi) is 6.53. The molecule has 0 spiro atoms. The highest BCUT2D eigenvalue weighted by Crippen LogP contribution is 2.18. The number of halogens is 1. The lowest BCUT2D eigenvalue weighted by molar-refractivity contribution is -0.121. The number of nitrogen functional groups attached to an aromatic ring is 1. The van der Waals surface area contributed by atoms with Crippen LogP contribution in [0.3, 0.4) is 0 Å². The average molecular weight is 319 g/mol. The molecule has 0 saturated carbocycles. The summed E-state index contributed by atoms with van der Waals surface area (Å²) >= 11 is 0. The molecule has 0 atom stereocenters. The number of hydrogen-bond donors (Lipinski definition) is 3. The molecule has 21 heavy (non-hydrogen) atoms. The zero-order valence-electron chi connectivity index (χ0n) is 11.6. The van der Waals surface area contributed by atoms with E-state index in [0.717, 1.165) is 18.2 Å². The van der Waals surface area contributed by atoms with E-state index in [1.54, 1.807) is 0 Å². The number of sulfonamides is 1. The summed E-state index contributed by atoms with van der Waals surface area (Å²) in [7, 11) is -2.37. The third kappa shape index (κ3) is 5.66. The number of anilines is 1. The van der Waals surface area contributed by atoms with Gasteiger partial charge in [0.1, 0.15) is 10.7 Å². The lowest BCUT2D eigenvalue weighted by atomic mass is 10.3. The number of methoxy groups -OCH3 is 1. The number of rotatable bonds is 8. The van der Waals surface area contributed by atoms with Crippen LogP contribution in [0.1, 0.15) is 6.42 Å². The van der Waals surface area contributed by atoms with Gasteiger partial charge in [-0.25, -0.2) is 17.5 Å². The second-order valence-electron chi connectivity index (χ2n) is 4.17. The highest BCUT2D eigenvalue weighted by Gasteiger charge is 2.17. The second-order valence-corrected chi connectivity index (χ2v) is 5.91. The van der Waals surface area contributed by atoms with Gasteiger partial charge in [0, 0.05) is 26.6 Å². The molecule has 4 N–H and O–H groups in total. The van der Waals surface area contributed by atoms with Crippen molar-refractivity contribution in [2.45, 2.75) is 11.3 Å². The molecule has 0 aromatic heterocycles. The van der Waals surface area contributed by atoms with Crippen molar-refractivity contribution >= 4 is 21.6 Å². The van der Waals surface area contributed by atoms with Crippen LogP contribution in [0.5, 0.6) is 0 Å². The fourth-order valence-corrected chi connectivity index (χ4v) is 2.66. The van der Waals surface area contributed by atoms with E-state index in [1.807, 2.05) is 0 Å². The second kappa shape index (κ2) is 7.91. The Morgan fingerprint density at radius 1 is 1.38 bits per heavy atom. The molecule has 1 amide bonds. The van der Waals surface area contributed by atoms with Crippen LogP contribution in [-0.4, -0.2) is 41.1 Å². The normalized spacial score (nSPS) is 11.3. The molecular formula is C12H18FN3O4S. The van der Waals surface area contributed by atoms with E-state index in [-0.39, 0.29) is 29.5 Å². The number of hydrogen-bond acceptors (Lipinski definition) is 5. The van der Waals surface area contributed by atoms with Gasteiger partial charge in [-0.3, -0.25) is 4.79 Å². The van der Waals surface area contributed by atoms with Gasteiger partial charge in [-0.15, -0.1) is 0 Å². The van der Waals surface area contributed by atoms with E-state index < -0.39 is 15.8 Å². The molecular weight excluding hydrogens is 301 g/mol. The molecule has 0 aliphatic rings. The summed E-state index contributed by atoms with van der Waals surface area (Å²) in [6.45, 7) is 0.647. The van der Waals surface area contributed by atoms with E-state index >= 15 is 0 Å². The third-order valence-electron chi connectivity index (χ3n) is 2.53. The largest absolute Gasteiger partial charge is 0.398 e. The number of nitrogens with one attached hydrogen (secondary N) is 2. The molecule has 1 aromatic carbocycles. The summed E-state index contributed by atoms with van der Waals surface area (Å²) in [5, 5.41) is 2.56. The van der Waals surface area contributed by atoms with Crippen LogP contribution in [0.15, 0.2) is 23.1 Å². The molecule has 0 heterocycles. The van der Waals surface area contributed by atoms with Crippen LogP contribution < -0.4 is 15.8 Å². The molecule has 0 radical (unpaired) electrons. The van der Waals surface area contributed by atoms with E-state index in [2.05, 4.69) is 10.0 Å². The lowest BCUT2D eigenvalue weighted by Crippen LogP contribution is -2.32. The molecule has 1 aromatic rings. The van der Waals surface area contributed by atoms with E-state index in [0.29, 0.717) is 13.2 Å². The summed E-state index contributed by atoms with van der Waals surface area (Å²) in [5.74, 6) is -0.925. The zero-order chi connectivity index (χ0) is 15.9. The minimum atomic E-state index is -3.87. The Morgan fingerprint density at radius 2 is 2.10 bits per heavy atom. The highest BCUT2D eigenvalue weighted by atomic mass is 32.2. The molecule has 7 nitrogen and oxygen atoms in total. The maximum absolute atomic E-state index is 12.9. The minimum absolute atomic E-state index is 0.0238. The Balaban J connectivity index is 2.52. The quantitative estimate of drug-likeness (QED) is 0.455. The first-order valence-corrected chi connectivity index (χ1v) is 7.65. The molecule has 0 aliphatic heterocycles. The summed E-state index contributed by atoms with van der Waals surface area (Å²) in [6.07, 6.45) is -0.0238. The van der Waals surface area contributed by atoms with Crippen LogP contribution >= 0.6 is 0 Å². The predicted molar refractivity (Wildman–Crippen MR) is 75.5 cm³/mol. The number of ether oxygens (including phenoxy) is 1. The summed E-state index contributed by atoms with van der Waals surface area (Å²) in [4.78, 5) is 11.2. The first-order valence-electron chi connectivity index (χ1n) is 6.17. The van der Waals surface area contributed by atoms with Crippen molar-refractivity contribution in [3.05, 3.63) is 24.0 Å². The Bertz CT molecular complexity index is 592. The number of amides is 1. The van der Waals surface area contributed by atoms with Gasteiger partial charge in [0.2, 0.25) is 15.9 Å². The van der Waals surface area contributed by atoms with Crippen LogP contribution in [-0.2, 0) is 19.6 Å². The first-order chi connectivity index (χ1) is 9.86. The maximum Gasteiger partial charge on any atom is 0.242 e. The molecule has 0 unspecified atom stereocenters. The maximum atomic E-state index is 12.9.